The van der Waals surface area contributed by atoms with Crippen molar-refractivity contribution in [2.45, 2.75) is 215 Å². The van der Waals surface area contributed by atoms with Gasteiger partial charge in [0.15, 0.2) is 18.9 Å². The van der Waals surface area contributed by atoms with Gasteiger partial charge >= 0.3 is 23.9 Å². The van der Waals surface area contributed by atoms with Gasteiger partial charge in [0, 0.05) is 30.6 Å². The molecule has 0 aromatic carbocycles. The monoisotopic (exact) mass is 1230 g/mol. The van der Waals surface area contributed by atoms with Crippen LogP contribution in [0.15, 0.2) is 0 Å². The molecule has 9 heterocycles. The number of halogens is 1. The SMILES string of the molecule is C.C.CCC(=O)C1CCOC1=O.CCC(O)C1CCOC1=O.CCC(O)CC.CCCC(C(=O)O)C(O)CC.CC[C@@H](O)[C@@H]1CCOC1=O.I.OC1COC2OCCC12.O[C@@H]1CO[C@H]2OCC[C@H]21.O[C@H]1CO[C@H]2OCC[C@H]21. The number of rotatable bonds is 13. The van der Waals surface area contributed by atoms with Crippen LogP contribution >= 0.6 is 24.0 Å². The van der Waals surface area contributed by atoms with E-state index in [9.17, 15) is 54.6 Å². The fraction of sp³-hybridized carbons (Fsp3) is 0.907. The standard InChI is InChI=1S/C8H16O3.2C7H12O3.C7H10O3.3C6H10O3.C5H12O.2CH4.HI/c1-3-5-6(8(10)11)7(9)4-2;3*1-2-6(8)5-3-4-10-7(5)9;3*7-5-3-9-6-4(5)1-2-8-6;1-3-5(6)4-2;;;/h6-7,9H,3-5H2,1-2H3,(H,10,11);2*5-6,8H,2-4H2,1H3;5H,2-4H2,1H3;3*4-7H,1-3H2;5-6H,3-4H2,1-2H3;2*1H4;1H/t;5-,6+;;;4-,5+,6+;4-,5-,6+;;;;;/m.0..00...../s1. The highest BCUT2D eigenvalue weighted by molar-refractivity contribution is 14.0. The number of Topliss-reactive ketones (excluding diaryl/α,β-unsaturated/α-hetero) is 1. The van der Waals surface area contributed by atoms with Crippen molar-refractivity contribution in [3.05, 3.63) is 0 Å². The zero-order chi connectivity index (χ0) is 55.3. The summed E-state index contributed by atoms with van der Waals surface area (Å²) < 4.78 is 44.9. The van der Waals surface area contributed by atoms with Crippen molar-refractivity contribution < 1.29 is 107 Å². The van der Waals surface area contributed by atoms with Crippen LogP contribution in [-0.4, -0.2) is 192 Å². The number of hydrogen-bond acceptors (Lipinski definition) is 21. The first-order valence-corrected chi connectivity index (χ1v) is 27.0. The van der Waals surface area contributed by atoms with Crippen LogP contribution in [-0.2, 0) is 66.6 Å². The molecule has 0 saturated carbocycles. The average molecular weight is 1230 g/mol. The molecular weight excluding hydrogens is 1130 g/mol. The van der Waals surface area contributed by atoms with Gasteiger partial charge in [0.2, 0.25) is 0 Å². The van der Waals surface area contributed by atoms with Crippen molar-refractivity contribution in [2.24, 2.45) is 41.4 Å². The maximum atomic E-state index is 10.9. The predicted molar refractivity (Wildman–Crippen MR) is 292 cm³/mol. The summed E-state index contributed by atoms with van der Waals surface area (Å²) in [5, 5.41) is 72.6. The van der Waals surface area contributed by atoms with Crippen molar-refractivity contribution in [1.29, 1.82) is 0 Å². The van der Waals surface area contributed by atoms with Crippen LogP contribution in [0.3, 0.4) is 0 Å². The molecule has 8 N–H and O–H groups in total. The van der Waals surface area contributed by atoms with E-state index in [-0.39, 0.29) is 135 Å². The van der Waals surface area contributed by atoms with E-state index in [1.807, 2.05) is 34.6 Å². The zero-order valence-electron chi connectivity index (χ0n) is 45.3. The minimum absolute atomic E-state index is 0. The number of carbonyl (C=O) groups is 5. The molecule has 0 bridgehead atoms. The van der Waals surface area contributed by atoms with E-state index >= 15 is 0 Å². The third-order valence-electron chi connectivity index (χ3n) is 14.2. The number of aliphatic carboxylic acids is 1. The number of aliphatic hydroxyl groups excluding tert-OH is 7. The van der Waals surface area contributed by atoms with Gasteiger partial charge in [0.1, 0.15) is 11.7 Å². The molecule has 77 heavy (non-hydrogen) atoms. The molecule has 8 unspecified atom stereocenters. The Morgan fingerprint density at radius 1 is 0.506 bits per heavy atom. The summed E-state index contributed by atoms with van der Waals surface area (Å²) in [5.74, 6) is -2.50. The van der Waals surface area contributed by atoms with E-state index in [4.69, 9.17) is 38.6 Å². The van der Waals surface area contributed by atoms with Crippen LogP contribution in [0.4, 0.5) is 0 Å². The first kappa shape index (κ1) is 76.8. The molecular formula is C54H101IO22. The molecule has 9 saturated heterocycles. The fourth-order valence-corrected chi connectivity index (χ4v) is 9.02. The van der Waals surface area contributed by atoms with Crippen molar-refractivity contribution in [3.63, 3.8) is 0 Å². The number of esters is 3. The Morgan fingerprint density at radius 2 is 0.870 bits per heavy atom. The van der Waals surface area contributed by atoms with Gasteiger partial charge in [-0.25, -0.2) is 0 Å². The van der Waals surface area contributed by atoms with Crippen LogP contribution in [0.25, 0.3) is 0 Å². The van der Waals surface area contributed by atoms with E-state index in [1.165, 1.54) is 0 Å². The number of carbonyl (C=O) groups excluding carboxylic acids is 4. The van der Waals surface area contributed by atoms with Gasteiger partial charge in [0.05, 0.1) is 120 Å². The first-order chi connectivity index (χ1) is 35.3. The quantitative estimate of drug-likeness (QED) is 0.0536. The van der Waals surface area contributed by atoms with Crippen LogP contribution in [0.1, 0.15) is 153 Å². The van der Waals surface area contributed by atoms with Crippen LogP contribution in [0.2, 0.25) is 0 Å². The lowest BCUT2D eigenvalue weighted by atomic mass is 9.96. The van der Waals surface area contributed by atoms with Gasteiger partial charge in [-0.1, -0.05) is 69.7 Å². The van der Waals surface area contributed by atoms with Crippen LogP contribution < -0.4 is 0 Å². The number of aliphatic hydroxyl groups is 7. The molecule has 9 fully saturated rings. The minimum Gasteiger partial charge on any atom is -0.481 e. The Bertz CT molecular complexity index is 1490. The van der Waals surface area contributed by atoms with E-state index in [2.05, 4.69) is 14.2 Å². The lowest BCUT2D eigenvalue weighted by Gasteiger charge is -2.16. The zero-order valence-corrected chi connectivity index (χ0v) is 47.6. The van der Waals surface area contributed by atoms with Gasteiger partial charge in [-0.2, -0.15) is 0 Å². The van der Waals surface area contributed by atoms with Crippen molar-refractivity contribution in [1.82, 2.24) is 0 Å². The van der Waals surface area contributed by atoms with Crippen molar-refractivity contribution >= 4 is 53.6 Å². The second kappa shape index (κ2) is 42.6. The number of hydrogen-bond donors (Lipinski definition) is 8. The minimum atomic E-state index is -0.888. The maximum absolute atomic E-state index is 10.9. The molecule has 9 aliphatic heterocycles. The number of ether oxygens (including phenoxy) is 9. The third-order valence-corrected chi connectivity index (χ3v) is 14.2. The molecule has 9 aliphatic rings. The highest BCUT2D eigenvalue weighted by Gasteiger charge is 2.42. The smallest absolute Gasteiger partial charge is 0.316 e. The van der Waals surface area contributed by atoms with Crippen LogP contribution in [0, 0.1) is 41.4 Å². The molecule has 0 aromatic rings. The predicted octanol–water partition coefficient (Wildman–Crippen LogP) is 4.71. The summed E-state index contributed by atoms with van der Waals surface area (Å²) >= 11 is 0. The number of carboxylic acids is 1. The van der Waals surface area contributed by atoms with Gasteiger partial charge in [0.25, 0.3) is 0 Å². The molecule has 9 rings (SSSR count). The van der Waals surface area contributed by atoms with Gasteiger partial charge in [-0.15, -0.1) is 24.0 Å². The van der Waals surface area contributed by atoms with Crippen molar-refractivity contribution in [2.75, 3.05) is 59.5 Å². The van der Waals surface area contributed by atoms with Crippen LogP contribution in [0.5, 0.6) is 0 Å². The highest BCUT2D eigenvalue weighted by Crippen LogP contribution is 2.32. The number of fused-ring (bicyclic) bond motifs is 3. The highest BCUT2D eigenvalue weighted by atomic mass is 127. The second-order valence-electron chi connectivity index (χ2n) is 19.4. The Kier molecular flexibility index (Phi) is 42.5. The third kappa shape index (κ3) is 26.5. The average Bonchev–Trinajstić information content (AvgIpc) is 4.25. The molecule has 23 heteroatoms. The van der Waals surface area contributed by atoms with Gasteiger partial charge < -0.3 is 83.5 Å². The number of carboxylic acid groups (broad SMARTS) is 1. The molecule has 16 atom stereocenters. The Balaban J connectivity index is 0. The molecule has 0 radical (unpaired) electrons. The number of cyclic esters (lactones) is 3. The van der Waals surface area contributed by atoms with Crippen molar-refractivity contribution in [3.8, 4) is 0 Å². The summed E-state index contributed by atoms with van der Waals surface area (Å²) in [6.07, 6.45) is 7.20. The lowest BCUT2D eigenvalue weighted by molar-refractivity contribution is -0.146. The van der Waals surface area contributed by atoms with E-state index < -0.39 is 36.1 Å². The van der Waals surface area contributed by atoms with Gasteiger partial charge in [-0.05, 0) is 70.6 Å². The summed E-state index contributed by atoms with van der Waals surface area (Å²) in [5.41, 5.74) is 0. The summed E-state index contributed by atoms with van der Waals surface area (Å²) in [6, 6.07) is 0. The Labute approximate surface area is 474 Å². The summed E-state index contributed by atoms with van der Waals surface area (Å²) in [7, 11) is 0. The molecule has 456 valence electrons. The Morgan fingerprint density at radius 3 is 1.10 bits per heavy atom. The molecule has 22 nitrogen and oxygen atoms in total. The summed E-state index contributed by atoms with van der Waals surface area (Å²) in [4.78, 5) is 53.8. The largest absolute Gasteiger partial charge is 0.481 e. The maximum Gasteiger partial charge on any atom is 0.316 e. The molecule has 0 amide bonds. The van der Waals surface area contributed by atoms with E-state index in [0.717, 1.165) is 58.3 Å². The number of ketones is 1. The summed E-state index contributed by atoms with van der Waals surface area (Å²) in [6.45, 7) is 18.1. The normalized spacial score (nSPS) is 31.0. The molecule has 0 aliphatic carbocycles. The second-order valence-corrected chi connectivity index (χ2v) is 19.4. The molecule has 0 aromatic heterocycles. The lowest BCUT2D eigenvalue weighted by Crippen LogP contribution is -2.27. The first-order valence-electron chi connectivity index (χ1n) is 27.0. The topological polar surface area (TPSA) is 330 Å². The molecule has 0 spiro atoms. The van der Waals surface area contributed by atoms with Gasteiger partial charge in [-0.3, -0.25) is 24.0 Å². The van der Waals surface area contributed by atoms with E-state index in [0.29, 0.717) is 91.0 Å². The van der Waals surface area contributed by atoms with E-state index in [1.54, 1.807) is 13.8 Å². The Hall–Kier alpha value is -2.24. The fourth-order valence-electron chi connectivity index (χ4n) is 9.02.